The fraction of sp³-hybridized carbons (Fsp3) is 0.0526. The minimum absolute atomic E-state index is 1.22. The van der Waals surface area contributed by atoms with Gasteiger partial charge in [-0.05, 0) is 227 Å². The highest BCUT2D eigenvalue weighted by Crippen LogP contribution is 2.53. The fourth-order valence-electron chi connectivity index (χ4n) is 16.9. The molecule has 0 heterocycles. The lowest BCUT2D eigenvalue weighted by molar-refractivity contribution is 1.43. The van der Waals surface area contributed by atoms with Crippen molar-refractivity contribution in [3.05, 3.63) is 591 Å². The van der Waals surface area contributed by atoms with Gasteiger partial charge in [-0.15, -0.1) is 0 Å². The van der Waals surface area contributed by atoms with Gasteiger partial charge in [0.15, 0.2) is 0 Å². The van der Waals surface area contributed by atoms with Crippen LogP contribution in [-0.4, -0.2) is 0 Å². The summed E-state index contributed by atoms with van der Waals surface area (Å²) in [7, 11) is 0. The molecule has 0 bridgehead atoms. The largest absolute Gasteiger partial charge is 0.0622 e. The summed E-state index contributed by atoms with van der Waals surface area (Å²) in [6.45, 7) is 15.1. The molecule has 0 aliphatic carbocycles. The molecule has 0 aliphatic rings. The SMILES string of the molecule is Cc1c(-c2ccccc2)c(-c2ccccc2)c(-c2ccccc2)c(-c2ccccc2)c1-c1ccccc1.Cc1cc(-c2ccccc2)cc(-c2ccccc2)c1.Cc1ccc(-c2ccc(-c3ccccc3)cc2)cc1.Cc1ccc(-c2ccccc2)cc1.Cc1cccc(-c2ccccc2)c1.Cc1cccc(-c2ccccc2-c2ccccc2)c1.Cc1ccccc1-c1ccccc1. The molecular weight excluding hydrogens is 1600 g/mol. The summed E-state index contributed by atoms with van der Waals surface area (Å²) in [6.07, 6.45) is 0. The number of hydrogen-bond donors (Lipinski definition) is 0. The van der Waals surface area contributed by atoms with E-state index in [4.69, 9.17) is 0 Å². The molecule has 0 nitrogen and oxygen atoms in total. The lowest BCUT2D eigenvalue weighted by atomic mass is 9.76. The minimum atomic E-state index is 1.22. The molecular formula is C133H112. The number of aryl methyl sites for hydroxylation is 6. The molecule has 0 saturated heterocycles. The summed E-state index contributed by atoms with van der Waals surface area (Å²) >= 11 is 0. The Morgan fingerprint density at radius 2 is 0.293 bits per heavy atom. The quantitative estimate of drug-likeness (QED) is 0.102. The van der Waals surface area contributed by atoms with Crippen LogP contribution < -0.4 is 0 Å². The zero-order chi connectivity index (χ0) is 91.6. The molecule has 0 saturated carbocycles. The summed E-state index contributed by atoms with van der Waals surface area (Å²) in [5, 5.41) is 0. The highest BCUT2D eigenvalue weighted by Gasteiger charge is 2.27. The summed E-state index contributed by atoms with van der Waals surface area (Å²) < 4.78 is 0. The van der Waals surface area contributed by atoms with E-state index in [0.717, 1.165) is 0 Å². The van der Waals surface area contributed by atoms with E-state index in [0.29, 0.717) is 0 Å². The third kappa shape index (κ3) is 25.1. The molecule has 133 heavy (non-hydrogen) atoms. The van der Waals surface area contributed by atoms with Crippen molar-refractivity contribution < 1.29 is 0 Å². The van der Waals surface area contributed by atoms with Gasteiger partial charge in [0.05, 0.1) is 0 Å². The second kappa shape index (κ2) is 47.1. The Hall–Kier alpha value is -16.4. The normalized spacial score (nSPS) is 10.4. The predicted molar refractivity (Wildman–Crippen MR) is 574 cm³/mol. The van der Waals surface area contributed by atoms with Crippen LogP contribution in [0.15, 0.2) is 552 Å². The average Bonchev–Trinajstić information content (AvgIpc) is 0.724. The summed E-state index contributed by atoms with van der Waals surface area (Å²) in [6, 6.07) is 195. The minimum Gasteiger partial charge on any atom is -0.0622 e. The summed E-state index contributed by atoms with van der Waals surface area (Å²) in [4.78, 5) is 0. The topological polar surface area (TPSA) is 0 Å². The summed E-state index contributed by atoms with van der Waals surface area (Å²) in [5.41, 5.74) is 44.6. The third-order valence-electron chi connectivity index (χ3n) is 23.6. The van der Waals surface area contributed by atoms with Crippen LogP contribution in [0, 0.1) is 48.5 Å². The molecule has 644 valence electrons. The molecule has 0 spiro atoms. The van der Waals surface area contributed by atoms with Crippen LogP contribution in [0.3, 0.4) is 0 Å². The Morgan fingerprint density at radius 1 is 0.0977 bits per heavy atom. The molecule has 0 radical (unpaired) electrons. The lowest BCUT2D eigenvalue weighted by Gasteiger charge is -2.27. The first kappa shape index (κ1) is 91.4. The monoisotopic (exact) mass is 1710 g/mol. The maximum atomic E-state index is 2.29. The van der Waals surface area contributed by atoms with Gasteiger partial charge in [0.2, 0.25) is 0 Å². The van der Waals surface area contributed by atoms with Gasteiger partial charge in [-0.3, -0.25) is 0 Å². The van der Waals surface area contributed by atoms with E-state index in [1.807, 2.05) is 24.3 Å². The molecule has 21 aromatic carbocycles. The third-order valence-corrected chi connectivity index (χ3v) is 23.6. The Kier molecular flexibility index (Phi) is 32.3. The Labute approximate surface area is 789 Å². The van der Waals surface area contributed by atoms with Gasteiger partial charge in [-0.2, -0.15) is 0 Å². The maximum absolute atomic E-state index is 2.29. The van der Waals surface area contributed by atoms with Crippen LogP contribution in [-0.2, 0) is 0 Å². The van der Waals surface area contributed by atoms with E-state index in [1.54, 1.807) is 0 Å². The second-order valence-corrected chi connectivity index (χ2v) is 33.4. The molecule has 0 unspecified atom stereocenters. The van der Waals surface area contributed by atoms with Gasteiger partial charge in [-0.1, -0.05) is 568 Å². The first-order valence-corrected chi connectivity index (χ1v) is 45.9. The van der Waals surface area contributed by atoms with E-state index < -0.39 is 0 Å². The fourth-order valence-corrected chi connectivity index (χ4v) is 16.9. The van der Waals surface area contributed by atoms with Crippen molar-refractivity contribution in [3.63, 3.8) is 0 Å². The van der Waals surface area contributed by atoms with Crippen molar-refractivity contribution in [1.29, 1.82) is 0 Å². The van der Waals surface area contributed by atoms with Crippen LogP contribution in [0.25, 0.3) is 156 Å². The van der Waals surface area contributed by atoms with E-state index in [-0.39, 0.29) is 0 Å². The van der Waals surface area contributed by atoms with Gasteiger partial charge < -0.3 is 0 Å². The van der Waals surface area contributed by atoms with E-state index in [9.17, 15) is 0 Å². The van der Waals surface area contributed by atoms with Crippen molar-refractivity contribution in [2.24, 2.45) is 0 Å². The van der Waals surface area contributed by atoms with Crippen molar-refractivity contribution >= 4 is 0 Å². The highest BCUT2D eigenvalue weighted by atomic mass is 14.3. The molecule has 0 aromatic heterocycles. The van der Waals surface area contributed by atoms with Crippen LogP contribution in [0.4, 0.5) is 0 Å². The van der Waals surface area contributed by atoms with Crippen molar-refractivity contribution in [3.8, 4) is 156 Å². The van der Waals surface area contributed by atoms with Crippen LogP contribution in [0.2, 0.25) is 0 Å². The van der Waals surface area contributed by atoms with Crippen molar-refractivity contribution in [2.75, 3.05) is 0 Å². The molecule has 21 rings (SSSR count). The first-order chi connectivity index (χ1) is 65.4. The summed E-state index contributed by atoms with van der Waals surface area (Å²) in [5.74, 6) is 0. The molecule has 21 aromatic rings. The predicted octanol–water partition coefficient (Wildman–Crippen LogP) is 37.3. The van der Waals surface area contributed by atoms with Gasteiger partial charge >= 0.3 is 0 Å². The Bertz CT molecular complexity index is 6930. The molecule has 0 amide bonds. The second-order valence-electron chi connectivity index (χ2n) is 33.4. The Morgan fingerprint density at radius 3 is 0.602 bits per heavy atom. The molecule has 0 aliphatic heterocycles. The van der Waals surface area contributed by atoms with Gasteiger partial charge in [0, 0.05) is 0 Å². The average molecular weight is 1710 g/mol. The van der Waals surface area contributed by atoms with Gasteiger partial charge in [-0.25, -0.2) is 0 Å². The van der Waals surface area contributed by atoms with E-state index in [1.165, 1.54) is 195 Å². The molecule has 0 heteroatoms. The zero-order valence-electron chi connectivity index (χ0n) is 77.0. The zero-order valence-corrected chi connectivity index (χ0v) is 77.0. The highest BCUT2D eigenvalue weighted by molar-refractivity contribution is 6.09. The number of hydrogen-bond acceptors (Lipinski definition) is 0. The van der Waals surface area contributed by atoms with Crippen LogP contribution in [0.5, 0.6) is 0 Å². The van der Waals surface area contributed by atoms with Crippen LogP contribution in [0.1, 0.15) is 38.9 Å². The lowest BCUT2D eigenvalue weighted by Crippen LogP contribution is -2.01. The van der Waals surface area contributed by atoms with Crippen molar-refractivity contribution in [1.82, 2.24) is 0 Å². The molecule has 0 fully saturated rings. The maximum Gasteiger partial charge on any atom is -0.00141 e. The Balaban J connectivity index is 0.000000123. The molecule has 0 N–H and O–H groups in total. The van der Waals surface area contributed by atoms with E-state index >= 15 is 0 Å². The number of benzene rings is 21. The van der Waals surface area contributed by atoms with E-state index in [2.05, 4.69) is 576 Å². The molecule has 0 atom stereocenters. The van der Waals surface area contributed by atoms with Crippen molar-refractivity contribution in [2.45, 2.75) is 48.5 Å². The van der Waals surface area contributed by atoms with Gasteiger partial charge in [0.25, 0.3) is 0 Å². The van der Waals surface area contributed by atoms with Crippen LogP contribution >= 0.6 is 0 Å². The smallest absolute Gasteiger partial charge is 0.00141 e. The number of rotatable bonds is 14. The van der Waals surface area contributed by atoms with Gasteiger partial charge in [0.1, 0.15) is 0 Å². The first-order valence-electron chi connectivity index (χ1n) is 45.9. The standard InChI is InChI=1S/C37H28.3C19H16.3C13H12/c1-27-33(28-17-7-2-8-18-28)35(30-21-11-4-12-22-30)37(32-25-15-6-16-26-32)36(31-23-13-5-14-24-31)34(27)29-19-9-3-10-20-29;1-15-12-18(16-8-4-2-5-9-16)14-19(13-15)17-10-6-3-7-11-17;1-15-8-7-11-17(14-15)19-13-6-5-12-18(19)16-9-3-2-4-10-16;1-15-7-9-17(10-8-15)19-13-11-18(12-14-19)16-5-3-2-4-6-16;1-11-7-5-6-10-13(11)12-8-3-2-4-9-12;1-11-6-5-9-13(10-11)12-7-3-2-4-8-12;1-11-7-9-13(10-8-11)12-5-3-2-4-6-12/h2-26H,1H3;3*2-14H,1H3;3*2-10H,1H3.